The fraction of sp³-hybridized carbons (Fsp3) is 0.474. The second-order valence-corrected chi connectivity index (χ2v) is 6.85. The highest BCUT2D eigenvalue weighted by Crippen LogP contribution is 2.41. The van der Waals surface area contributed by atoms with Gasteiger partial charge in [0.1, 0.15) is 6.26 Å². The van der Waals surface area contributed by atoms with Gasteiger partial charge in [-0.3, -0.25) is 9.78 Å². The minimum atomic E-state index is -0.120. The van der Waals surface area contributed by atoms with Crippen molar-refractivity contribution in [2.45, 2.75) is 25.6 Å². The predicted octanol–water partition coefficient (Wildman–Crippen LogP) is 2.51. The van der Waals surface area contributed by atoms with Gasteiger partial charge in [-0.1, -0.05) is 0 Å². The van der Waals surface area contributed by atoms with Crippen LogP contribution in [0.15, 0.2) is 47.5 Å². The molecular formula is C19H22N2O4. The summed E-state index contributed by atoms with van der Waals surface area (Å²) in [6.45, 7) is 3.25. The Balaban J connectivity index is 1.43. The number of hydrogen-bond donors (Lipinski definition) is 0. The number of nitrogens with zero attached hydrogens (tertiary/aromatic N) is 2. The number of furan rings is 1. The van der Waals surface area contributed by atoms with Crippen molar-refractivity contribution >= 4 is 5.91 Å². The SMILES string of the molecule is O=C(c1ccoc1)N1CC[C@@H]2OCC[C@]2(COCc2ccncc2)C1. The fourth-order valence-electron chi connectivity index (χ4n) is 3.85. The van der Waals surface area contributed by atoms with Gasteiger partial charge in [0.2, 0.25) is 0 Å². The van der Waals surface area contributed by atoms with E-state index in [9.17, 15) is 4.79 Å². The van der Waals surface area contributed by atoms with Crippen molar-refractivity contribution in [1.29, 1.82) is 0 Å². The van der Waals surface area contributed by atoms with Gasteiger partial charge in [-0.05, 0) is 36.6 Å². The van der Waals surface area contributed by atoms with E-state index in [1.807, 2.05) is 17.0 Å². The molecule has 0 aliphatic carbocycles. The van der Waals surface area contributed by atoms with Crippen molar-refractivity contribution in [3.05, 3.63) is 54.2 Å². The van der Waals surface area contributed by atoms with E-state index < -0.39 is 0 Å². The molecular weight excluding hydrogens is 320 g/mol. The number of amides is 1. The maximum absolute atomic E-state index is 12.7. The van der Waals surface area contributed by atoms with Crippen molar-refractivity contribution in [3.63, 3.8) is 0 Å². The minimum absolute atomic E-state index is 0.0209. The highest BCUT2D eigenvalue weighted by molar-refractivity contribution is 5.93. The normalized spacial score (nSPS) is 25.8. The van der Waals surface area contributed by atoms with Gasteiger partial charge < -0.3 is 18.8 Å². The van der Waals surface area contributed by atoms with E-state index in [1.54, 1.807) is 18.5 Å². The summed E-state index contributed by atoms with van der Waals surface area (Å²) in [5, 5.41) is 0. The lowest BCUT2D eigenvalue weighted by molar-refractivity contribution is -0.0602. The number of likely N-dealkylation sites (tertiary alicyclic amines) is 1. The Morgan fingerprint density at radius 2 is 2.24 bits per heavy atom. The monoisotopic (exact) mass is 342 g/mol. The summed E-state index contributed by atoms with van der Waals surface area (Å²) >= 11 is 0. The largest absolute Gasteiger partial charge is 0.472 e. The number of ether oxygens (including phenoxy) is 2. The molecule has 2 fully saturated rings. The zero-order chi connectivity index (χ0) is 17.1. The first kappa shape index (κ1) is 16.3. The van der Waals surface area contributed by atoms with Gasteiger partial charge in [-0.2, -0.15) is 0 Å². The maximum atomic E-state index is 12.7. The van der Waals surface area contributed by atoms with Crippen LogP contribution in [0.25, 0.3) is 0 Å². The molecule has 0 N–H and O–H groups in total. The van der Waals surface area contributed by atoms with Gasteiger partial charge in [-0.15, -0.1) is 0 Å². The lowest BCUT2D eigenvalue weighted by Crippen LogP contribution is -2.53. The van der Waals surface area contributed by atoms with Crippen LogP contribution in [-0.2, 0) is 16.1 Å². The van der Waals surface area contributed by atoms with Crippen LogP contribution >= 0.6 is 0 Å². The molecule has 0 aromatic carbocycles. The number of carbonyl (C=O) groups excluding carboxylic acids is 1. The van der Waals surface area contributed by atoms with Crippen LogP contribution in [0.3, 0.4) is 0 Å². The summed E-state index contributed by atoms with van der Waals surface area (Å²) in [5.74, 6) is 0.0209. The number of carbonyl (C=O) groups is 1. The van der Waals surface area contributed by atoms with Gasteiger partial charge in [-0.25, -0.2) is 0 Å². The smallest absolute Gasteiger partial charge is 0.257 e. The van der Waals surface area contributed by atoms with E-state index >= 15 is 0 Å². The maximum Gasteiger partial charge on any atom is 0.257 e. The van der Waals surface area contributed by atoms with E-state index in [-0.39, 0.29) is 17.4 Å². The van der Waals surface area contributed by atoms with Gasteiger partial charge in [0.25, 0.3) is 5.91 Å². The van der Waals surface area contributed by atoms with Crippen LogP contribution < -0.4 is 0 Å². The lowest BCUT2D eigenvalue weighted by atomic mass is 9.77. The fourth-order valence-corrected chi connectivity index (χ4v) is 3.85. The van der Waals surface area contributed by atoms with E-state index in [0.29, 0.717) is 31.9 Å². The Morgan fingerprint density at radius 3 is 3.04 bits per heavy atom. The standard InChI is InChI=1S/C19H22N2O4/c22-18(16-4-9-23-12-16)21-8-3-17-19(13-21,5-10-25-17)14-24-11-15-1-6-20-7-2-15/h1-2,4,6-7,9,12,17H,3,5,8,10-11,13-14H2/t17-,19+/m0/s1. The number of pyridine rings is 1. The predicted molar refractivity (Wildman–Crippen MR) is 89.9 cm³/mol. The third-order valence-corrected chi connectivity index (χ3v) is 5.23. The number of piperidine rings is 1. The average Bonchev–Trinajstić information content (AvgIpc) is 3.31. The number of aromatic nitrogens is 1. The van der Waals surface area contributed by atoms with Crippen molar-refractivity contribution in [1.82, 2.24) is 9.88 Å². The first-order chi connectivity index (χ1) is 12.3. The summed E-state index contributed by atoms with van der Waals surface area (Å²) < 4.78 is 17.0. The molecule has 132 valence electrons. The zero-order valence-corrected chi connectivity index (χ0v) is 14.1. The lowest BCUT2D eigenvalue weighted by Gasteiger charge is -2.43. The Hall–Kier alpha value is -2.18. The van der Waals surface area contributed by atoms with Crippen molar-refractivity contribution in [2.24, 2.45) is 5.41 Å². The molecule has 2 aromatic heterocycles. The molecule has 1 amide bonds. The topological polar surface area (TPSA) is 64.8 Å². The molecule has 2 atom stereocenters. The molecule has 0 saturated carbocycles. The van der Waals surface area contributed by atoms with Gasteiger partial charge in [0.15, 0.2) is 0 Å². The summed E-state index contributed by atoms with van der Waals surface area (Å²) in [6.07, 6.45) is 8.51. The third kappa shape index (κ3) is 3.32. The first-order valence-corrected chi connectivity index (χ1v) is 8.67. The van der Waals surface area contributed by atoms with Crippen molar-refractivity contribution in [3.8, 4) is 0 Å². The van der Waals surface area contributed by atoms with Crippen molar-refractivity contribution < 1.29 is 18.7 Å². The molecule has 2 aliphatic heterocycles. The molecule has 0 spiro atoms. The van der Waals surface area contributed by atoms with Crippen LogP contribution in [-0.4, -0.2) is 48.2 Å². The molecule has 6 nitrogen and oxygen atoms in total. The quantitative estimate of drug-likeness (QED) is 0.835. The number of fused-ring (bicyclic) bond motifs is 1. The van der Waals surface area contributed by atoms with E-state index in [0.717, 1.165) is 25.0 Å². The van der Waals surface area contributed by atoms with E-state index in [1.165, 1.54) is 12.5 Å². The number of rotatable bonds is 5. The average molecular weight is 342 g/mol. The van der Waals surface area contributed by atoms with Crippen LogP contribution in [0.5, 0.6) is 0 Å². The Morgan fingerprint density at radius 1 is 1.36 bits per heavy atom. The highest BCUT2D eigenvalue weighted by atomic mass is 16.5. The second-order valence-electron chi connectivity index (χ2n) is 6.85. The second kappa shape index (κ2) is 6.98. The Bertz CT molecular complexity index is 703. The number of hydrogen-bond acceptors (Lipinski definition) is 5. The molecule has 25 heavy (non-hydrogen) atoms. The van der Waals surface area contributed by atoms with Gasteiger partial charge in [0, 0.05) is 37.5 Å². The molecule has 0 unspecified atom stereocenters. The summed E-state index contributed by atoms with van der Waals surface area (Å²) in [6, 6.07) is 5.62. The summed E-state index contributed by atoms with van der Waals surface area (Å²) in [5.41, 5.74) is 1.58. The zero-order valence-electron chi connectivity index (χ0n) is 14.1. The highest BCUT2D eigenvalue weighted by Gasteiger charge is 2.49. The van der Waals surface area contributed by atoms with Gasteiger partial charge in [0.05, 0.1) is 31.1 Å². The third-order valence-electron chi connectivity index (χ3n) is 5.23. The van der Waals surface area contributed by atoms with Crippen molar-refractivity contribution in [2.75, 3.05) is 26.3 Å². The van der Waals surface area contributed by atoms with E-state index in [2.05, 4.69) is 4.98 Å². The van der Waals surface area contributed by atoms with Crippen LogP contribution in [0.2, 0.25) is 0 Å². The molecule has 6 heteroatoms. The van der Waals surface area contributed by atoms with Gasteiger partial charge >= 0.3 is 0 Å². The Kier molecular flexibility index (Phi) is 4.55. The molecule has 2 aromatic rings. The molecule has 2 saturated heterocycles. The van der Waals surface area contributed by atoms with Crippen LogP contribution in [0, 0.1) is 5.41 Å². The minimum Gasteiger partial charge on any atom is -0.472 e. The van der Waals surface area contributed by atoms with Crippen LogP contribution in [0.4, 0.5) is 0 Å². The molecule has 2 aliphatic rings. The van der Waals surface area contributed by atoms with E-state index in [4.69, 9.17) is 13.9 Å². The van der Waals surface area contributed by atoms with Crippen LogP contribution in [0.1, 0.15) is 28.8 Å². The summed E-state index contributed by atoms with van der Waals surface area (Å²) in [7, 11) is 0. The summed E-state index contributed by atoms with van der Waals surface area (Å²) in [4.78, 5) is 18.6. The Labute approximate surface area is 146 Å². The molecule has 0 bridgehead atoms. The molecule has 4 rings (SSSR count). The molecule has 0 radical (unpaired) electrons. The first-order valence-electron chi connectivity index (χ1n) is 8.67. The molecule has 4 heterocycles.